The highest BCUT2D eigenvalue weighted by Gasteiger charge is 2.26. The molecule has 0 unspecified atom stereocenters. The Kier molecular flexibility index (Phi) is 6.71. The van der Waals surface area contributed by atoms with Gasteiger partial charge in [-0.05, 0) is 43.3 Å². The first-order valence-corrected chi connectivity index (χ1v) is 11.9. The summed E-state index contributed by atoms with van der Waals surface area (Å²) in [6, 6.07) is 8.32. The molecule has 1 fully saturated rings. The lowest BCUT2D eigenvalue weighted by molar-refractivity contribution is -0.120. The fourth-order valence-electron chi connectivity index (χ4n) is 3.73. The molecule has 3 aromatic rings. The molecule has 6 nitrogen and oxygen atoms in total. The Morgan fingerprint density at radius 1 is 1.31 bits per heavy atom. The number of carbonyl (C=O) groups excluding carboxylic acids is 1. The molecule has 0 spiro atoms. The van der Waals surface area contributed by atoms with E-state index in [1.807, 2.05) is 19.1 Å². The second-order valence-corrected chi connectivity index (χ2v) is 9.71. The summed E-state index contributed by atoms with van der Waals surface area (Å²) >= 11 is 3.24. The molecule has 1 saturated carbocycles. The van der Waals surface area contributed by atoms with Crippen LogP contribution in [0.5, 0.6) is 0 Å². The first-order valence-electron chi connectivity index (χ1n) is 10.1. The van der Waals surface area contributed by atoms with E-state index in [2.05, 4.69) is 37.6 Å². The Labute approximate surface area is 179 Å². The fraction of sp³-hybridized carbons (Fsp3) is 0.476. The maximum Gasteiger partial charge on any atom is 0.233 e. The molecule has 0 aliphatic heterocycles. The Hall–Kier alpha value is -2.06. The van der Waals surface area contributed by atoms with E-state index in [9.17, 15) is 4.79 Å². The molecule has 0 bridgehead atoms. The molecule has 1 atom stereocenters. The highest BCUT2D eigenvalue weighted by atomic mass is 32.2. The third-order valence-electron chi connectivity index (χ3n) is 5.26. The van der Waals surface area contributed by atoms with E-state index < -0.39 is 0 Å². The van der Waals surface area contributed by atoms with E-state index in [1.54, 1.807) is 17.6 Å². The summed E-state index contributed by atoms with van der Waals surface area (Å²) in [5.74, 6) is 1.73. The molecule has 154 valence electrons. The normalized spacial score (nSPS) is 16.0. The number of nitrogens with zero attached hydrogens (tertiary/aromatic N) is 3. The molecule has 3 heterocycles. The molecule has 0 radical (unpaired) electrons. The number of nitrogens with one attached hydrogen (secondary N) is 1. The molecule has 29 heavy (non-hydrogen) atoms. The predicted molar refractivity (Wildman–Crippen MR) is 115 cm³/mol. The molecule has 8 heteroatoms. The number of furan rings is 1. The minimum absolute atomic E-state index is 0.0237. The van der Waals surface area contributed by atoms with Gasteiger partial charge in [-0.1, -0.05) is 37.1 Å². The van der Waals surface area contributed by atoms with Crippen LogP contribution in [-0.2, 0) is 17.8 Å². The molecule has 3 aromatic heterocycles. The highest BCUT2D eigenvalue weighted by Crippen LogP contribution is 2.34. The van der Waals surface area contributed by atoms with Crippen molar-refractivity contribution in [1.82, 2.24) is 20.1 Å². The van der Waals surface area contributed by atoms with Crippen LogP contribution in [0.3, 0.4) is 0 Å². The molecular formula is C21H26N4O2S2. The van der Waals surface area contributed by atoms with Crippen molar-refractivity contribution in [3.8, 4) is 0 Å². The standard InChI is InChI=1S/C21H26N4O2S2/c1-15(20(26)22-14-17-9-5-11-27-17)29-21-24-23-19(13-18-10-6-12-28-18)25(21)16-7-3-2-4-8-16/h5-6,9-12,15-16H,2-4,7-8,13-14H2,1H3,(H,22,26)/t15-/m1/s1. The largest absolute Gasteiger partial charge is 0.467 e. The second-order valence-electron chi connectivity index (χ2n) is 7.37. The van der Waals surface area contributed by atoms with Gasteiger partial charge in [0.15, 0.2) is 5.16 Å². The SMILES string of the molecule is C[C@@H](Sc1nnc(Cc2cccs2)n1C1CCCCC1)C(=O)NCc1ccco1. The van der Waals surface area contributed by atoms with Crippen molar-refractivity contribution in [2.24, 2.45) is 0 Å². The van der Waals surface area contributed by atoms with E-state index >= 15 is 0 Å². The number of amides is 1. The van der Waals surface area contributed by atoms with E-state index in [0.29, 0.717) is 12.6 Å². The lowest BCUT2D eigenvalue weighted by Crippen LogP contribution is -2.30. The van der Waals surface area contributed by atoms with Crippen LogP contribution in [0.4, 0.5) is 0 Å². The molecular weight excluding hydrogens is 404 g/mol. The van der Waals surface area contributed by atoms with Crippen molar-refractivity contribution in [2.45, 2.75) is 68.4 Å². The van der Waals surface area contributed by atoms with Crippen molar-refractivity contribution in [3.63, 3.8) is 0 Å². The fourth-order valence-corrected chi connectivity index (χ4v) is 5.39. The third-order valence-corrected chi connectivity index (χ3v) is 7.19. The van der Waals surface area contributed by atoms with Gasteiger partial charge in [-0.15, -0.1) is 21.5 Å². The van der Waals surface area contributed by atoms with Crippen LogP contribution in [0.15, 0.2) is 45.5 Å². The number of hydrogen-bond acceptors (Lipinski definition) is 6. The predicted octanol–water partition coefficient (Wildman–Crippen LogP) is 4.83. The van der Waals surface area contributed by atoms with Gasteiger partial charge in [0.05, 0.1) is 18.1 Å². The molecule has 0 saturated heterocycles. The van der Waals surface area contributed by atoms with Gasteiger partial charge < -0.3 is 14.3 Å². The third kappa shape index (κ3) is 5.11. The van der Waals surface area contributed by atoms with Gasteiger partial charge in [0.1, 0.15) is 11.6 Å². The Balaban J connectivity index is 1.47. The first-order chi connectivity index (χ1) is 14.2. The smallest absolute Gasteiger partial charge is 0.233 e. The van der Waals surface area contributed by atoms with Crippen molar-refractivity contribution in [2.75, 3.05) is 0 Å². The van der Waals surface area contributed by atoms with Gasteiger partial charge >= 0.3 is 0 Å². The van der Waals surface area contributed by atoms with Crippen molar-refractivity contribution in [1.29, 1.82) is 0 Å². The number of rotatable bonds is 8. The van der Waals surface area contributed by atoms with Crippen LogP contribution in [0.2, 0.25) is 0 Å². The topological polar surface area (TPSA) is 73.0 Å². The van der Waals surface area contributed by atoms with Gasteiger partial charge in [-0.25, -0.2) is 0 Å². The highest BCUT2D eigenvalue weighted by molar-refractivity contribution is 8.00. The summed E-state index contributed by atoms with van der Waals surface area (Å²) in [6.45, 7) is 2.32. The molecule has 1 aliphatic carbocycles. The van der Waals surface area contributed by atoms with Crippen LogP contribution in [-0.4, -0.2) is 25.9 Å². The summed E-state index contributed by atoms with van der Waals surface area (Å²) in [7, 11) is 0. The van der Waals surface area contributed by atoms with Gasteiger partial charge in [-0.3, -0.25) is 4.79 Å². The van der Waals surface area contributed by atoms with Crippen LogP contribution in [0, 0.1) is 0 Å². The maximum absolute atomic E-state index is 12.6. The van der Waals surface area contributed by atoms with E-state index in [-0.39, 0.29) is 11.2 Å². The molecule has 1 amide bonds. The van der Waals surface area contributed by atoms with Crippen LogP contribution < -0.4 is 5.32 Å². The first kappa shape index (κ1) is 20.2. The number of thioether (sulfide) groups is 1. The second kappa shape index (κ2) is 9.63. The minimum Gasteiger partial charge on any atom is -0.467 e. The Bertz CT molecular complexity index is 899. The van der Waals surface area contributed by atoms with E-state index in [0.717, 1.165) is 36.0 Å². The Morgan fingerprint density at radius 2 is 2.17 bits per heavy atom. The average Bonchev–Trinajstić information content (AvgIpc) is 3.50. The summed E-state index contributed by atoms with van der Waals surface area (Å²) in [4.78, 5) is 13.9. The number of hydrogen-bond donors (Lipinski definition) is 1. The molecule has 1 aliphatic rings. The number of aromatic nitrogens is 3. The van der Waals surface area contributed by atoms with Crippen LogP contribution >= 0.6 is 23.1 Å². The van der Waals surface area contributed by atoms with Gasteiger partial charge in [0.25, 0.3) is 0 Å². The van der Waals surface area contributed by atoms with Gasteiger partial charge in [0, 0.05) is 17.3 Å². The number of thiophene rings is 1. The zero-order chi connectivity index (χ0) is 20.1. The summed E-state index contributed by atoms with van der Waals surface area (Å²) in [5.41, 5.74) is 0. The van der Waals surface area contributed by atoms with Crippen molar-refractivity contribution in [3.05, 3.63) is 52.4 Å². The zero-order valence-corrected chi connectivity index (χ0v) is 18.2. The molecule has 4 rings (SSSR count). The quantitative estimate of drug-likeness (QED) is 0.519. The van der Waals surface area contributed by atoms with Gasteiger partial charge in [0.2, 0.25) is 5.91 Å². The number of carbonyl (C=O) groups is 1. The maximum atomic E-state index is 12.6. The summed E-state index contributed by atoms with van der Waals surface area (Å²) in [5, 5.41) is 14.6. The average molecular weight is 431 g/mol. The monoisotopic (exact) mass is 430 g/mol. The zero-order valence-electron chi connectivity index (χ0n) is 16.5. The Morgan fingerprint density at radius 3 is 2.90 bits per heavy atom. The van der Waals surface area contributed by atoms with Crippen LogP contribution in [0.25, 0.3) is 0 Å². The lowest BCUT2D eigenvalue weighted by atomic mass is 9.95. The van der Waals surface area contributed by atoms with Crippen molar-refractivity contribution >= 4 is 29.0 Å². The van der Waals surface area contributed by atoms with Gasteiger partial charge in [-0.2, -0.15) is 0 Å². The van der Waals surface area contributed by atoms with Crippen molar-refractivity contribution < 1.29 is 9.21 Å². The lowest BCUT2D eigenvalue weighted by Gasteiger charge is -2.26. The molecule has 0 aromatic carbocycles. The summed E-state index contributed by atoms with van der Waals surface area (Å²) < 4.78 is 7.59. The van der Waals surface area contributed by atoms with E-state index in [4.69, 9.17) is 4.42 Å². The van der Waals surface area contributed by atoms with E-state index in [1.165, 1.54) is 35.9 Å². The molecule has 1 N–H and O–H groups in total. The van der Waals surface area contributed by atoms with Crippen LogP contribution in [0.1, 0.15) is 61.5 Å². The minimum atomic E-state index is -0.258. The summed E-state index contributed by atoms with van der Waals surface area (Å²) in [6.07, 6.45) is 8.49.